The molecule has 82 valence electrons. The summed E-state index contributed by atoms with van der Waals surface area (Å²) < 4.78 is 18.7. The molecule has 1 aliphatic heterocycles. The molecule has 0 spiro atoms. The Hall–Kier alpha value is -0.800. The molecule has 2 rings (SSSR count). The lowest BCUT2D eigenvalue weighted by atomic mass is 10.2. The van der Waals surface area contributed by atoms with Crippen LogP contribution in [0.15, 0.2) is 18.2 Å². The van der Waals surface area contributed by atoms with E-state index in [0.717, 1.165) is 19.4 Å². The van der Waals surface area contributed by atoms with Gasteiger partial charge in [-0.3, -0.25) is 0 Å². The Bertz CT molecular complexity index is 319. The molecule has 1 atom stereocenters. The van der Waals surface area contributed by atoms with Crippen LogP contribution in [-0.4, -0.2) is 19.2 Å². The van der Waals surface area contributed by atoms with Gasteiger partial charge < -0.3 is 10.1 Å². The van der Waals surface area contributed by atoms with Crippen molar-refractivity contribution < 1.29 is 9.13 Å². The number of hydrogen-bond donors (Lipinski definition) is 1. The summed E-state index contributed by atoms with van der Waals surface area (Å²) in [5.41, 5.74) is 0. The summed E-state index contributed by atoms with van der Waals surface area (Å²) in [7, 11) is 0. The molecule has 0 aliphatic carbocycles. The minimum atomic E-state index is -0.402. The summed E-state index contributed by atoms with van der Waals surface area (Å²) in [6.07, 6.45) is 2.23. The summed E-state index contributed by atoms with van der Waals surface area (Å²) >= 11 is 5.83. The standard InChI is InChI=1S/C11H13ClFNO/c12-9-4-1-5-10(13)11(9)15-7-8-3-2-6-14-8/h1,4-5,8,14H,2-3,6-7H2. The first-order chi connectivity index (χ1) is 7.27. The number of para-hydroxylation sites is 1. The maximum atomic E-state index is 13.3. The minimum Gasteiger partial charge on any atom is -0.487 e. The van der Waals surface area contributed by atoms with Crippen LogP contribution in [0.3, 0.4) is 0 Å². The van der Waals surface area contributed by atoms with Gasteiger partial charge in [0.1, 0.15) is 6.61 Å². The molecular formula is C11H13ClFNO. The van der Waals surface area contributed by atoms with Crippen LogP contribution >= 0.6 is 11.6 Å². The molecule has 1 aliphatic rings. The van der Waals surface area contributed by atoms with Crippen molar-refractivity contribution in [2.75, 3.05) is 13.2 Å². The molecule has 0 saturated carbocycles. The molecule has 1 N–H and O–H groups in total. The van der Waals surface area contributed by atoms with E-state index in [1.165, 1.54) is 6.07 Å². The van der Waals surface area contributed by atoms with E-state index in [1.54, 1.807) is 12.1 Å². The van der Waals surface area contributed by atoms with Crippen molar-refractivity contribution in [3.63, 3.8) is 0 Å². The smallest absolute Gasteiger partial charge is 0.173 e. The average Bonchev–Trinajstić information content (AvgIpc) is 2.70. The van der Waals surface area contributed by atoms with Gasteiger partial charge in [-0.25, -0.2) is 4.39 Å². The van der Waals surface area contributed by atoms with E-state index in [9.17, 15) is 4.39 Å². The summed E-state index contributed by atoms with van der Waals surface area (Å²) in [5, 5.41) is 3.60. The fraction of sp³-hybridized carbons (Fsp3) is 0.455. The molecule has 1 heterocycles. The van der Waals surface area contributed by atoms with Crippen LogP contribution in [0.25, 0.3) is 0 Å². The monoisotopic (exact) mass is 229 g/mol. The second kappa shape index (κ2) is 4.81. The van der Waals surface area contributed by atoms with Crippen molar-refractivity contribution in [1.82, 2.24) is 5.32 Å². The van der Waals surface area contributed by atoms with Gasteiger partial charge in [-0.2, -0.15) is 0 Å². The third-order valence-corrected chi connectivity index (χ3v) is 2.81. The predicted molar refractivity (Wildman–Crippen MR) is 57.9 cm³/mol. The van der Waals surface area contributed by atoms with Gasteiger partial charge >= 0.3 is 0 Å². The summed E-state index contributed by atoms with van der Waals surface area (Å²) in [5.74, 6) is -0.242. The fourth-order valence-electron chi connectivity index (χ4n) is 1.70. The van der Waals surface area contributed by atoms with Crippen molar-refractivity contribution in [2.45, 2.75) is 18.9 Å². The lowest BCUT2D eigenvalue weighted by Crippen LogP contribution is -2.28. The number of rotatable bonds is 3. The molecule has 1 fully saturated rings. The lowest BCUT2D eigenvalue weighted by molar-refractivity contribution is 0.265. The third-order valence-electron chi connectivity index (χ3n) is 2.51. The zero-order valence-corrected chi connectivity index (χ0v) is 9.06. The number of ether oxygens (including phenoxy) is 1. The van der Waals surface area contributed by atoms with Crippen LogP contribution in [-0.2, 0) is 0 Å². The Morgan fingerprint density at radius 2 is 2.40 bits per heavy atom. The quantitative estimate of drug-likeness (QED) is 0.861. The number of benzene rings is 1. The normalized spacial score (nSPS) is 20.5. The molecule has 0 aromatic heterocycles. The highest BCUT2D eigenvalue weighted by Crippen LogP contribution is 2.27. The summed E-state index contributed by atoms with van der Waals surface area (Å²) in [6.45, 7) is 1.49. The van der Waals surface area contributed by atoms with Crippen LogP contribution in [0.2, 0.25) is 5.02 Å². The average molecular weight is 230 g/mol. The fourth-order valence-corrected chi connectivity index (χ4v) is 1.92. The van der Waals surface area contributed by atoms with Gasteiger partial charge in [-0.1, -0.05) is 17.7 Å². The van der Waals surface area contributed by atoms with Crippen LogP contribution in [0.1, 0.15) is 12.8 Å². The minimum absolute atomic E-state index is 0.160. The predicted octanol–water partition coefficient (Wildman–Crippen LogP) is 2.61. The maximum absolute atomic E-state index is 13.3. The van der Waals surface area contributed by atoms with Crippen LogP contribution in [0, 0.1) is 5.82 Å². The Morgan fingerprint density at radius 1 is 1.53 bits per heavy atom. The van der Waals surface area contributed by atoms with Gasteiger partial charge in [0.25, 0.3) is 0 Å². The lowest BCUT2D eigenvalue weighted by Gasteiger charge is -2.13. The highest BCUT2D eigenvalue weighted by molar-refractivity contribution is 6.32. The summed E-state index contributed by atoms with van der Waals surface area (Å²) in [4.78, 5) is 0. The van der Waals surface area contributed by atoms with Gasteiger partial charge in [0.2, 0.25) is 0 Å². The van der Waals surface area contributed by atoms with Gasteiger partial charge in [-0.15, -0.1) is 0 Å². The number of nitrogens with one attached hydrogen (secondary N) is 1. The molecule has 0 bridgehead atoms. The van der Waals surface area contributed by atoms with Crippen LogP contribution in [0.5, 0.6) is 5.75 Å². The van der Waals surface area contributed by atoms with E-state index in [4.69, 9.17) is 16.3 Å². The molecule has 2 nitrogen and oxygen atoms in total. The Kier molecular flexibility index (Phi) is 3.44. The second-order valence-corrected chi connectivity index (χ2v) is 4.06. The highest BCUT2D eigenvalue weighted by Gasteiger charge is 2.16. The van der Waals surface area contributed by atoms with Crippen molar-refractivity contribution in [3.8, 4) is 5.75 Å². The molecule has 0 amide bonds. The molecule has 1 unspecified atom stereocenters. The Morgan fingerprint density at radius 3 is 3.07 bits per heavy atom. The Labute approximate surface area is 93.4 Å². The Balaban J connectivity index is 1.97. The van der Waals surface area contributed by atoms with Crippen molar-refractivity contribution in [2.24, 2.45) is 0 Å². The largest absolute Gasteiger partial charge is 0.487 e. The SMILES string of the molecule is Fc1cccc(Cl)c1OCC1CCCN1. The molecule has 4 heteroatoms. The maximum Gasteiger partial charge on any atom is 0.173 e. The zero-order valence-electron chi connectivity index (χ0n) is 8.30. The first-order valence-corrected chi connectivity index (χ1v) is 5.45. The van der Waals surface area contributed by atoms with Gasteiger partial charge in [-0.05, 0) is 31.5 Å². The van der Waals surface area contributed by atoms with E-state index in [-0.39, 0.29) is 5.75 Å². The van der Waals surface area contributed by atoms with E-state index in [1.807, 2.05) is 0 Å². The molecule has 15 heavy (non-hydrogen) atoms. The van der Waals surface area contributed by atoms with Crippen LogP contribution in [0.4, 0.5) is 4.39 Å². The topological polar surface area (TPSA) is 21.3 Å². The van der Waals surface area contributed by atoms with Crippen molar-refractivity contribution in [3.05, 3.63) is 29.0 Å². The zero-order chi connectivity index (χ0) is 10.7. The molecule has 1 saturated heterocycles. The third kappa shape index (κ3) is 2.61. The first kappa shape index (κ1) is 10.7. The van der Waals surface area contributed by atoms with Gasteiger partial charge in [0.15, 0.2) is 11.6 Å². The van der Waals surface area contributed by atoms with Gasteiger partial charge in [0.05, 0.1) is 5.02 Å². The highest BCUT2D eigenvalue weighted by atomic mass is 35.5. The van der Waals surface area contributed by atoms with E-state index in [2.05, 4.69) is 5.32 Å². The second-order valence-electron chi connectivity index (χ2n) is 3.66. The van der Waals surface area contributed by atoms with Crippen molar-refractivity contribution in [1.29, 1.82) is 0 Å². The van der Waals surface area contributed by atoms with E-state index < -0.39 is 5.82 Å². The van der Waals surface area contributed by atoms with Crippen LogP contribution < -0.4 is 10.1 Å². The molecular weight excluding hydrogens is 217 g/mol. The van der Waals surface area contributed by atoms with Crippen molar-refractivity contribution >= 4 is 11.6 Å². The number of halogens is 2. The first-order valence-electron chi connectivity index (χ1n) is 5.07. The van der Waals surface area contributed by atoms with Gasteiger partial charge in [0, 0.05) is 6.04 Å². The molecule has 0 radical (unpaired) electrons. The molecule has 1 aromatic carbocycles. The van der Waals surface area contributed by atoms with E-state index in [0.29, 0.717) is 17.7 Å². The number of hydrogen-bond acceptors (Lipinski definition) is 2. The van der Waals surface area contributed by atoms with E-state index >= 15 is 0 Å². The molecule has 1 aromatic rings. The summed E-state index contributed by atoms with van der Waals surface area (Å²) in [6, 6.07) is 4.87.